The summed E-state index contributed by atoms with van der Waals surface area (Å²) in [6, 6.07) is 3.84. The minimum Gasteiger partial charge on any atom is -0.481 e. The molecule has 1 aromatic heterocycles. The van der Waals surface area contributed by atoms with Gasteiger partial charge in [0.05, 0.1) is 7.11 Å². The average molecular weight is 136 g/mol. The van der Waals surface area contributed by atoms with Crippen molar-refractivity contribution in [1.82, 2.24) is 4.98 Å². The van der Waals surface area contributed by atoms with Gasteiger partial charge in [-0.25, -0.2) is 4.98 Å². The maximum atomic E-state index is 4.99. The topological polar surface area (TPSA) is 22.1 Å². The summed E-state index contributed by atoms with van der Waals surface area (Å²) in [6.07, 6.45) is 2.43. The second-order valence-electron chi connectivity index (χ2n) is 1.92. The first-order valence-electron chi connectivity index (χ1n) is 3.15. The molecule has 0 saturated heterocycles. The van der Waals surface area contributed by atoms with Gasteiger partial charge in [0.25, 0.3) is 0 Å². The molecule has 0 atom stereocenters. The zero-order valence-corrected chi connectivity index (χ0v) is 6.00. The Balaban J connectivity index is 2.96. The van der Waals surface area contributed by atoms with Crippen LogP contribution in [0.15, 0.2) is 18.3 Å². The van der Waals surface area contributed by atoms with E-state index < -0.39 is 0 Å². The third kappa shape index (κ3) is 1.26. The zero-order valence-electron chi connectivity index (χ0n) is 6.00. The second kappa shape index (κ2) is 3.20. The first-order valence-corrected chi connectivity index (χ1v) is 3.15. The number of aromatic nitrogens is 1. The molecule has 0 amide bonds. The third-order valence-corrected chi connectivity index (χ3v) is 1.31. The van der Waals surface area contributed by atoms with Crippen LogP contribution < -0.4 is 4.74 Å². The Kier molecular flexibility index (Phi) is 2.26. The van der Waals surface area contributed by atoms with E-state index in [4.69, 9.17) is 4.74 Å². The summed E-state index contributed by atoms with van der Waals surface area (Å²) in [7, 11) is 1.61. The number of nitrogens with zero attached hydrogens (tertiary/aromatic N) is 1. The number of ether oxygens (including phenoxy) is 1. The van der Waals surface area contributed by atoms with Crippen molar-refractivity contribution in [3.63, 3.8) is 0 Å². The van der Waals surface area contributed by atoms with Crippen LogP contribution in [0.4, 0.5) is 0 Å². The summed E-state index contributed by atoms with van der Waals surface area (Å²) in [4.78, 5) is 4.01. The van der Waals surface area contributed by atoms with Crippen molar-refractivity contribution in [1.29, 1.82) is 0 Å². The van der Waals surface area contributed by atoms with Gasteiger partial charge in [-0.15, -0.1) is 0 Å². The number of hydrogen-bond acceptors (Lipinski definition) is 2. The van der Waals surface area contributed by atoms with E-state index in [0.29, 0.717) is 5.88 Å². The van der Waals surface area contributed by atoms with Crippen LogP contribution in [-0.4, -0.2) is 12.1 Å². The van der Waals surface area contributed by atoms with E-state index in [1.165, 1.54) is 0 Å². The van der Waals surface area contributed by atoms with Crippen LogP contribution in [0.3, 0.4) is 0 Å². The first kappa shape index (κ1) is 7.06. The maximum Gasteiger partial charge on any atom is 0.216 e. The van der Waals surface area contributed by atoms with Crippen molar-refractivity contribution in [2.24, 2.45) is 0 Å². The molecule has 0 aliphatic heterocycles. The summed E-state index contributed by atoms with van der Waals surface area (Å²) in [5.41, 5.74) is 1.05. The van der Waals surface area contributed by atoms with Gasteiger partial charge in [0.15, 0.2) is 0 Å². The number of hydrogen-bond donors (Lipinski definition) is 0. The lowest BCUT2D eigenvalue weighted by atomic mass is 10.2. The van der Waals surface area contributed by atoms with Gasteiger partial charge in [0.2, 0.25) is 5.88 Å². The molecular weight excluding hydrogens is 126 g/mol. The molecule has 1 rings (SSSR count). The van der Waals surface area contributed by atoms with E-state index in [9.17, 15) is 0 Å². The summed E-state index contributed by atoms with van der Waals surface area (Å²) < 4.78 is 4.99. The van der Waals surface area contributed by atoms with Crippen LogP contribution in [-0.2, 0) is 6.42 Å². The van der Waals surface area contributed by atoms with Gasteiger partial charge in [-0.3, -0.25) is 0 Å². The van der Waals surface area contributed by atoms with Gasteiger partial charge in [-0.05, 0) is 19.4 Å². The summed E-state index contributed by atoms with van der Waals surface area (Å²) in [5.74, 6) is 0.678. The van der Waals surface area contributed by atoms with Gasteiger partial charge in [-0.2, -0.15) is 0 Å². The molecule has 2 nitrogen and oxygen atoms in total. The van der Waals surface area contributed by atoms with E-state index in [1.807, 2.05) is 12.1 Å². The molecule has 10 heavy (non-hydrogen) atoms. The van der Waals surface area contributed by atoms with E-state index in [-0.39, 0.29) is 0 Å². The number of pyridine rings is 1. The molecule has 1 heterocycles. The minimum absolute atomic E-state index is 0.678. The Labute approximate surface area is 60.9 Å². The molecule has 0 saturated carbocycles. The normalized spacial score (nSPS) is 9.40. The van der Waals surface area contributed by atoms with Crippen LogP contribution in [0.5, 0.6) is 5.88 Å². The van der Waals surface area contributed by atoms with E-state index in [0.717, 1.165) is 12.0 Å². The smallest absolute Gasteiger partial charge is 0.216 e. The van der Waals surface area contributed by atoms with Crippen molar-refractivity contribution >= 4 is 0 Å². The molecular formula is C8H10NO. The highest BCUT2D eigenvalue weighted by atomic mass is 16.5. The second-order valence-corrected chi connectivity index (χ2v) is 1.92. The molecule has 1 radical (unpaired) electrons. The summed E-state index contributed by atoms with van der Waals surface area (Å²) in [5, 5.41) is 0. The molecule has 0 bridgehead atoms. The fraction of sp³-hybridized carbons (Fsp3) is 0.250. The molecule has 0 aliphatic carbocycles. The van der Waals surface area contributed by atoms with E-state index in [1.54, 1.807) is 13.3 Å². The van der Waals surface area contributed by atoms with Crippen molar-refractivity contribution in [2.45, 2.75) is 6.42 Å². The highest BCUT2D eigenvalue weighted by Crippen LogP contribution is 2.12. The molecule has 0 N–H and O–H groups in total. The van der Waals surface area contributed by atoms with E-state index in [2.05, 4.69) is 11.9 Å². The summed E-state index contributed by atoms with van der Waals surface area (Å²) >= 11 is 0. The molecule has 0 fully saturated rings. The van der Waals surface area contributed by atoms with Gasteiger partial charge in [0, 0.05) is 11.8 Å². The lowest BCUT2D eigenvalue weighted by molar-refractivity contribution is 0.393. The van der Waals surface area contributed by atoms with Crippen molar-refractivity contribution in [2.75, 3.05) is 7.11 Å². The molecule has 0 aliphatic rings. The predicted octanol–water partition coefficient (Wildman–Crippen LogP) is 1.47. The largest absolute Gasteiger partial charge is 0.481 e. The number of rotatable bonds is 2. The van der Waals surface area contributed by atoms with Crippen molar-refractivity contribution in [3.8, 4) is 5.88 Å². The molecule has 2 heteroatoms. The monoisotopic (exact) mass is 136 g/mol. The fourth-order valence-electron chi connectivity index (χ4n) is 0.798. The fourth-order valence-corrected chi connectivity index (χ4v) is 0.798. The molecule has 0 aromatic carbocycles. The van der Waals surface area contributed by atoms with Gasteiger partial charge in [-0.1, -0.05) is 6.07 Å². The Hall–Kier alpha value is -1.05. The lowest BCUT2D eigenvalue weighted by Gasteiger charge is -2.02. The molecule has 1 aromatic rings. The number of methoxy groups -OCH3 is 1. The standard InChI is InChI=1S/C8H10NO/c1-3-7-5-4-6-9-8(7)10-2/h4-6H,1,3H2,2H3. The van der Waals surface area contributed by atoms with E-state index >= 15 is 0 Å². The average Bonchev–Trinajstić information content (AvgIpc) is 2.04. The zero-order chi connectivity index (χ0) is 7.40. The van der Waals surface area contributed by atoms with Gasteiger partial charge >= 0.3 is 0 Å². The highest BCUT2D eigenvalue weighted by molar-refractivity contribution is 5.25. The molecule has 0 unspecified atom stereocenters. The predicted molar refractivity (Wildman–Crippen MR) is 39.9 cm³/mol. The lowest BCUT2D eigenvalue weighted by Crippen LogP contribution is -1.92. The van der Waals surface area contributed by atoms with Crippen LogP contribution in [0, 0.1) is 6.92 Å². The Morgan fingerprint density at radius 3 is 3.00 bits per heavy atom. The SMILES string of the molecule is [CH2]Cc1cccnc1OC. The van der Waals surface area contributed by atoms with Crippen LogP contribution in [0.25, 0.3) is 0 Å². The quantitative estimate of drug-likeness (QED) is 0.614. The maximum absolute atomic E-state index is 4.99. The minimum atomic E-state index is 0.678. The van der Waals surface area contributed by atoms with Crippen LogP contribution in [0.1, 0.15) is 5.56 Å². The van der Waals surface area contributed by atoms with Crippen LogP contribution >= 0.6 is 0 Å². The highest BCUT2D eigenvalue weighted by Gasteiger charge is 1.97. The Bertz CT molecular complexity index is 187. The third-order valence-electron chi connectivity index (χ3n) is 1.31. The summed E-state index contributed by atoms with van der Waals surface area (Å²) in [6.45, 7) is 3.74. The van der Waals surface area contributed by atoms with Crippen molar-refractivity contribution in [3.05, 3.63) is 30.8 Å². The molecule has 0 spiro atoms. The molecule has 53 valence electrons. The Morgan fingerprint density at radius 2 is 2.50 bits per heavy atom. The van der Waals surface area contributed by atoms with Gasteiger partial charge < -0.3 is 4.74 Å². The Morgan fingerprint density at radius 1 is 1.70 bits per heavy atom. The van der Waals surface area contributed by atoms with Crippen molar-refractivity contribution < 1.29 is 4.74 Å². The van der Waals surface area contributed by atoms with Crippen LogP contribution in [0.2, 0.25) is 0 Å². The van der Waals surface area contributed by atoms with Gasteiger partial charge in [0.1, 0.15) is 0 Å². The first-order chi connectivity index (χ1) is 4.88.